The van der Waals surface area contributed by atoms with Crippen LogP contribution in [0.25, 0.3) is 0 Å². The number of aliphatic hydroxyl groups excluding tert-OH is 1. The molecule has 2 aromatic carbocycles. The molecule has 0 amide bonds. The van der Waals surface area contributed by atoms with Gasteiger partial charge in [0.2, 0.25) is 0 Å². The van der Waals surface area contributed by atoms with Gasteiger partial charge >= 0.3 is 12.1 Å². The Kier molecular flexibility index (Phi) is 5.15. The molecule has 2 aromatic rings. The van der Waals surface area contributed by atoms with Crippen LogP contribution in [0.5, 0.6) is 11.5 Å². The standard InChI is InChI=1S/C20H19F3O4/c1-11(24)17-10-14(20(21,22)23)4-7-18(17)27-15-5-6-16-12(8-15)2-3-13(16)9-19(25)26/h4-8,10-11,13,24H,2-3,9H2,1H3,(H,25,26)/t11?,13-/m0/s1. The highest BCUT2D eigenvalue weighted by atomic mass is 19.4. The number of aliphatic hydroxyl groups is 1. The molecule has 7 heteroatoms. The lowest BCUT2D eigenvalue weighted by molar-refractivity contribution is -0.138. The quantitative estimate of drug-likeness (QED) is 0.761. The zero-order valence-electron chi connectivity index (χ0n) is 14.6. The molecule has 1 unspecified atom stereocenters. The number of ether oxygens (including phenoxy) is 1. The van der Waals surface area contributed by atoms with E-state index < -0.39 is 23.8 Å². The number of alkyl halides is 3. The van der Waals surface area contributed by atoms with Crippen LogP contribution in [0.1, 0.15) is 54.0 Å². The Balaban J connectivity index is 1.87. The van der Waals surface area contributed by atoms with E-state index in [4.69, 9.17) is 9.84 Å². The van der Waals surface area contributed by atoms with Gasteiger partial charge in [0.25, 0.3) is 0 Å². The van der Waals surface area contributed by atoms with Crippen LogP contribution < -0.4 is 4.74 Å². The highest BCUT2D eigenvalue weighted by Gasteiger charge is 2.32. The molecule has 3 rings (SSSR count). The van der Waals surface area contributed by atoms with E-state index in [0.717, 1.165) is 36.1 Å². The third-order valence-electron chi connectivity index (χ3n) is 4.75. The van der Waals surface area contributed by atoms with Gasteiger partial charge in [-0.15, -0.1) is 0 Å². The summed E-state index contributed by atoms with van der Waals surface area (Å²) in [5, 5.41) is 18.8. The predicted octanol–water partition coefficient (Wildman–Crippen LogP) is 5.06. The second-order valence-electron chi connectivity index (χ2n) is 6.72. The first-order valence-electron chi connectivity index (χ1n) is 8.57. The first-order chi connectivity index (χ1) is 12.6. The van der Waals surface area contributed by atoms with E-state index in [1.165, 1.54) is 13.0 Å². The minimum absolute atomic E-state index is 0.0364. The number of carboxylic acid groups (broad SMARTS) is 1. The molecular weight excluding hydrogens is 361 g/mol. The summed E-state index contributed by atoms with van der Waals surface area (Å²) in [5.74, 6) is -0.297. The average molecular weight is 380 g/mol. The van der Waals surface area contributed by atoms with Crippen molar-refractivity contribution >= 4 is 5.97 Å². The van der Waals surface area contributed by atoms with Gasteiger partial charge in [-0.1, -0.05) is 6.07 Å². The van der Waals surface area contributed by atoms with Gasteiger partial charge in [0.05, 0.1) is 18.1 Å². The maximum atomic E-state index is 12.9. The van der Waals surface area contributed by atoms with Gasteiger partial charge in [-0.05, 0) is 67.1 Å². The van der Waals surface area contributed by atoms with Gasteiger partial charge < -0.3 is 14.9 Å². The van der Waals surface area contributed by atoms with Crippen LogP contribution in [-0.4, -0.2) is 16.2 Å². The van der Waals surface area contributed by atoms with E-state index in [-0.39, 0.29) is 23.7 Å². The third kappa shape index (κ3) is 4.24. The molecular formula is C20H19F3O4. The number of fused-ring (bicyclic) bond motifs is 1. The topological polar surface area (TPSA) is 66.8 Å². The van der Waals surface area contributed by atoms with Gasteiger partial charge in [-0.3, -0.25) is 4.79 Å². The lowest BCUT2D eigenvalue weighted by atomic mass is 9.98. The Labute approximate surface area is 154 Å². The van der Waals surface area contributed by atoms with Gasteiger partial charge in [0.1, 0.15) is 11.5 Å². The van der Waals surface area contributed by atoms with E-state index in [0.29, 0.717) is 5.75 Å². The maximum absolute atomic E-state index is 12.9. The second-order valence-corrected chi connectivity index (χ2v) is 6.72. The monoisotopic (exact) mass is 380 g/mol. The molecule has 2 N–H and O–H groups in total. The molecule has 0 aromatic heterocycles. The second kappa shape index (κ2) is 7.23. The van der Waals surface area contributed by atoms with Crippen LogP contribution in [0.3, 0.4) is 0 Å². The molecule has 27 heavy (non-hydrogen) atoms. The van der Waals surface area contributed by atoms with Crippen LogP contribution in [0.15, 0.2) is 36.4 Å². The molecule has 4 nitrogen and oxygen atoms in total. The zero-order chi connectivity index (χ0) is 19.8. The summed E-state index contributed by atoms with van der Waals surface area (Å²) in [6.45, 7) is 1.38. The van der Waals surface area contributed by atoms with Crippen molar-refractivity contribution in [2.45, 2.75) is 44.4 Å². The summed E-state index contributed by atoms with van der Waals surface area (Å²) in [6, 6.07) is 8.25. The Hall–Kier alpha value is -2.54. The SMILES string of the molecule is CC(O)c1cc(C(F)(F)F)ccc1Oc1ccc2c(c1)CC[C@H]2CC(=O)O. The fourth-order valence-electron chi connectivity index (χ4n) is 3.44. The molecule has 0 saturated heterocycles. The summed E-state index contributed by atoms with van der Waals surface area (Å²) in [5.41, 5.74) is 1.14. The molecule has 0 spiro atoms. The van der Waals surface area contributed by atoms with Crippen molar-refractivity contribution < 1.29 is 32.9 Å². The molecule has 0 heterocycles. The number of rotatable bonds is 5. The average Bonchev–Trinajstić information content (AvgIpc) is 2.95. The van der Waals surface area contributed by atoms with Crippen molar-refractivity contribution in [1.29, 1.82) is 0 Å². The largest absolute Gasteiger partial charge is 0.481 e. The van der Waals surface area contributed by atoms with E-state index in [1.54, 1.807) is 18.2 Å². The highest BCUT2D eigenvalue weighted by molar-refractivity contribution is 5.68. The Morgan fingerprint density at radius 3 is 2.63 bits per heavy atom. The molecule has 144 valence electrons. The summed E-state index contributed by atoms with van der Waals surface area (Å²) < 4.78 is 44.4. The van der Waals surface area contributed by atoms with Crippen LogP contribution in [0.2, 0.25) is 0 Å². The lowest BCUT2D eigenvalue weighted by Crippen LogP contribution is -2.07. The Bertz CT molecular complexity index is 859. The van der Waals surface area contributed by atoms with Crippen LogP contribution in [0, 0.1) is 0 Å². The molecule has 0 radical (unpaired) electrons. The van der Waals surface area contributed by atoms with E-state index >= 15 is 0 Å². The molecule has 0 fully saturated rings. The fourth-order valence-corrected chi connectivity index (χ4v) is 3.44. The van der Waals surface area contributed by atoms with Gasteiger partial charge in [-0.25, -0.2) is 0 Å². The van der Waals surface area contributed by atoms with Crippen molar-refractivity contribution in [2.75, 3.05) is 0 Å². The minimum Gasteiger partial charge on any atom is -0.481 e. The Morgan fingerprint density at radius 2 is 2.00 bits per heavy atom. The first kappa shape index (κ1) is 19.2. The molecule has 2 atom stereocenters. The molecule has 0 bridgehead atoms. The van der Waals surface area contributed by atoms with Crippen molar-refractivity contribution in [3.63, 3.8) is 0 Å². The number of aliphatic carboxylic acids is 1. The number of hydrogen-bond donors (Lipinski definition) is 2. The maximum Gasteiger partial charge on any atom is 0.416 e. The summed E-state index contributed by atoms with van der Waals surface area (Å²) in [6.07, 6.45) is -4.10. The number of aryl methyl sites for hydroxylation is 1. The van der Waals surface area contributed by atoms with Gasteiger partial charge in [0.15, 0.2) is 0 Å². The summed E-state index contributed by atoms with van der Waals surface area (Å²) in [4.78, 5) is 10.9. The van der Waals surface area contributed by atoms with Gasteiger partial charge in [0, 0.05) is 5.56 Å². The number of benzene rings is 2. The molecule has 1 aliphatic carbocycles. The number of halogens is 3. The van der Waals surface area contributed by atoms with Crippen molar-refractivity contribution in [3.8, 4) is 11.5 Å². The zero-order valence-corrected chi connectivity index (χ0v) is 14.6. The van der Waals surface area contributed by atoms with Gasteiger partial charge in [-0.2, -0.15) is 13.2 Å². The van der Waals surface area contributed by atoms with E-state index in [1.807, 2.05) is 0 Å². The number of carbonyl (C=O) groups is 1. The number of carboxylic acids is 1. The van der Waals surface area contributed by atoms with Crippen molar-refractivity contribution in [3.05, 3.63) is 58.7 Å². The fraction of sp³-hybridized carbons (Fsp3) is 0.350. The Morgan fingerprint density at radius 1 is 1.26 bits per heavy atom. The smallest absolute Gasteiger partial charge is 0.416 e. The van der Waals surface area contributed by atoms with Crippen molar-refractivity contribution in [2.24, 2.45) is 0 Å². The highest BCUT2D eigenvalue weighted by Crippen LogP contribution is 2.40. The van der Waals surface area contributed by atoms with E-state index in [9.17, 15) is 23.1 Å². The third-order valence-corrected chi connectivity index (χ3v) is 4.75. The number of hydrogen-bond acceptors (Lipinski definition) is 3. The summed E-state index contributed by atoms with van der Waals surface area (Å²) in [7, 11) is 0. The van der Waals surface area contributed by atoms with Crippen LogP contribution in [0.4, 0.5) is 13.2 Å². The minimum atomic E-state index is -4.51. The predicted molar refractivity (Wildman–Crippen MR) is 91.9 cm³/mol. The van der Waals surface area contributed by atoms with Crippen molar-refractivity contribution in [1.82, 2.24) is 0 Å². The van der Waals surface area contributed by atoms with Crippen LogP contribution in [-0.2, 0) is 17.4 Å². The lowest BCUT2D eigenvalue weighted by Gasteiger charge is -2.17. The molecule has 0 aliphatic heterocycles. The molecule has 0 saturated carbocycles. The normalized spacial score (nSPS) is 17.4. The van der Waals surface area contributed by atoms with E-state index in [2.05, 4.69) is 0 Å². The molecule has 1 aliphatic rings. The first-order valence-corrected chi connectivity index (χ1v) is 8.57. The summed E-state index contributed by atoms with van der Waals surface area (Å²) >= 11 is 0. The van der Waals surface area contributed by atoms with Crippen LogP contribution >= 0.6 is 0 Å².